The molecule has 3 nitrogen and oxygen atoms in total. The second kappa shape index (κ2) is 5.20. The molecule has 0 bridgehead atoms. The quantitative estimate of drug-likeness (QED) is 0.654. The molecule has 0 atom stereocenters. The lowest BCUT2D eigenvalue weighted by molar-refractivity contribution is 1.36. The number of hydrogen-bond donors (Lipinski definition) is 2. The number of pyridine rings is 1. The highest BCUT2D eigenvalue weighted by molar-refractivity contribution is 9.10. The Labute approximate surface area is 136 Å². The van der Waals surface area contributed by atoms with E-state index in [0.29, 0.717) is 22.1 Å². The van der Waals surface area contributed by atoms with E-state index in [1.165, 1.54) is 0 Å². The lowest BCUT2D eigenvalue weighted by Gasteiger charge is -2.14. The number of nitrogens with two attached hydrogens (primary N) is 2. The minimum atomic E-state index is 0.472. The Balaban J connectivity index is 2.39. The van der Waals surface area contributed by atoms with Gasteiger partial charge in [-0.05, 0) is 30.7 Å². The van der Waals surface area contributed by atoms with Gasteiger partial charge in [-0.1, -0.05) is 45.7 Å². The highest BCUT2D eigenvalue weighted by Crippen LogP contribution is 2.39. The van der Waals surface area contributed by atoms with Crippen molar-refractivity contribution in [2.45, 2.75) is 6.92 Å². The molecule has 0 aliphatic rings. The van der Waals surface area contributed by atoms with Gasteiger partial charge in [0.25, 0.3) is 0 Å². The summed E-state index contributed by atoms with van der Waals surface area (Å²) in [5.74, 6) is 0. The maximum absolute atomic E-state index is 6.22. The molecule has 5 heteroatoms. The Hall–Kier alpha value is -1.78. The summed E-state index contributed by atoms with van der Waals surface area (Å²) in [6.07, 6.45) is 0. The summed E-state index contributed by atoms with van der Waals surface area (Å²) in [7, 11) is 0. The van der Waals surface area contributed by atoms with E-state index in [0.717, 1.165) is 26.5 Å². The normalized spacial score (nSPS) is 11.0. The molecule has 0 aliphatic heterocycles. The monoisotopic (exact) mass is 361 g/mol. The van der Waals surface area contributed by atoms with Crippen molar-refractivity contribution in [2.24, 2.45) is 0 Å². The third-order valence-corrected chi connectivity index (χ3v) is 4.63. The number of fused-ring (bicyclic) bond motifs is 1. The maximum atomic E-state index is 6.22. The van der Waals surface area contributed by atoms with Crippen LogP contribution in [0, 0.1) is 6.92 Å². The molecule has 0 saturated carbocycles. The fraction of sp³-hybridized carbons (Fsp3) is 0.0625. The molecule has 0 amide bonds. The minimum Gasteiger partial charge on any atom is -0.396 e. The molecule has 0 unspecified atom stereocenters. The lowest BCUT2D eigenvalue weighted by atomic mass is 10.0. The summed E-state index contributed by atoms with van der Waals surface area (Å²) < 4.78 is 0.881. The highest BCUT2D eigenvalue weighted by atomic mass is 79.9. The van der Waals surface area contributed by atoms with Crippen LogP contribution in [0.25, 0.3) is 22.2 Å². The van der Waals surface area contributed by atoms with Gasteiger partial charge in [-0.2, -0.15) is 0 Å². The molecule has 0 spiro atoms. The molecule has 0 saturated heterocycles. The summed E-state index contributed by atoms with van der Waals surface area (Å²) in [5, 5.41) is 1.51. The van der Waals surface area contributed by atoms with Crippen LogP contribution in [-0.2, 0) is 0 Å². The fourth-order valence-electron chi connectivity index (χ4n) is 2.38. The summed E-state index contributed by atoms with van der Waals surface area (Å²) >= 11 is 9.68. The maximum Gasteiger partial charge on any atom is 0.0963 e. The van der Waals surface area contributed by atoms with Crippen LogP contribution in [0.15, 0.2) is 40.9 Å². The third kappa shape index (κ3) is 2.24. The standard InChI is InChI=1S/C16H13BrClN3/c1-8-9(4-2-6-11(8)18)16-15(20)14(19)13-10(17)5-3-7-12(13)21-16/h2-7H,20H2,1H3,(H2,19,21). The molecular formula is C16H13BrClN3. The molecule has 0 radical (unpaired) electrons. The van der Waals surface area contributed by atoms with E-state index in [9.17, 15) is 0 Å². The van der Waals surface area contributed by atoms with Crippen LogP contribution in [0.1, 0.15) is 5.56 Å². The van der Waals surface area contributed by atoms with Crippen molar-refractivity contribution in [1.29, 1.82) is 0 Å². The molecule has 21 heavy (non-hydrogen) atoms. The Morgan fingerprint density at radius 2 is 1.76 bits per heavy atom. The van der Waals surface area contributed by atoms with Crippen molar-refractivity contribution in [3.63, 3.8) is 0 Å². The number of anilines is 2. The van der Waals surface area contributed by atoms with Crippen LogP contribution >= 0.6 is 27.5 Å². The number of nitrogen functional groups attached to an aromatic ring is 2. The van der Waals surface area contributed by atoms with Crippen molar-refractivity contribution in [3.8, 4) is 11.3 Å². The van der Waals surface area contributed by atoms with Crippen LogP contribution in [0.3, 0.4) is 0 Å². The predicted molar refractivity (Wildman–Crippen MR) is 93.5 cm³/mol. The minimum absolute atomic E-state index is 0.472. The zero-order valence-corrected chi connectivity index (χ0v) is 13.7. The zero-order valence-electron chi connectivity index (χ0n) is 11.3. The van der Waals surface area contributed by atoms with Crippen molar-refractivity contribution in [2.75, 3.05) is 11.5 Å². The van der Waals surface area contributed by atoms with Crippen molar-refractivity contribution in [1.82, 2.24) is 4.98 Å². The second-order valence-corrected chi connectivity index (χ2v) is 6.10. The molecule has 0 fully saturated rings. The average Bonchev–Trinajstić information content (AvgIpc) is 2.46. The molecule has 106 valence electrons. The van der Waals surface area contributed by atoms with Gasteiger partial charge in [0.2, 0.25) is 0 Å². The van der Waals surface area contributed by atoms with Gasteiger partial charge in [0, 0.05) is 20.4 Å². The van der Waals surface area contributed by atoms with Gasteiger partial charge in [0.1, 0.15) is 0 Å². The van der Waals surface area contributed by atoms with Crippen LogP contribution in [0.4, 0.5) is 11.4 Å². The first-order chi connectivity index (χ1) is 10.0. The van der Waals surface area contributed by atoms with Crippen LogP contribution in [-0.4, -0.2) is 4.98 Å². The largest absolute Gasteiger partial charge is 0.396 e. The molecule has 1 heterocycles. The van der Waals surface area contributed by atoms with E-state index in [-0.39, 0.29) is 0 Å². The number of benzene rings is 2. The topological polar surface area (TPSA) is 64.9 Å². The Morgan fingerprint density at radius 1 is 1.05 bits per heavy atom. The van der Waals surface area contributed by atoms with Crippen LogP contribution in [0.2, 0.25) is 5.02 Å². The summed E-state index contributed by atoms with van der Waals surface area (Å²) in [6.45, 7) is 1.94. The van der Waals surface area contributed by atoms with Crippen molar-refractivity contribution in [3.05, 3.63) is 51.5 Å². The van der Waals surface area contributed by atoms with Gasteiger partial charge in [0.05, 0.1) is 22.6 Å². The number of hydrogen-bond acceptors (Lipinski definition) is 3. The first kappa shape index (κ1) is 14.2. The average molecular weight is 363 g/mol. The van der Waals surface area contributed by atoms with Gasteiger partial charge in [-0.15, -0.1) is 0 Å². The molecule has 4 N–H and O–H groups in total. The van der Waals surface area contributed by atoms with Crippen molar-refractivity contribution >= 4 is 49.8 Å². The Kier molecular flexibility index (Phi) is 3.51. The molecule has 3 rings (SSSR count). The molecule has 0 aliphatic carbocycles. The summed E-state index contributed by atoms with van der Waals surface area (Å²) in [5.41, 5.74) is 16.7. The fourth-order valence-corrected chi connectivity index (χ4v) is 3.13. The van der Waals surface area contributed by atoms with Gasteiger partial charge in [-0.25, -0.2) is 4.98 Å². The van der Waals surface area contributed by atoms with Crippen LogP contribution in [0.5, 0.6) is 0 Å². The van der Waals surface area contributed by atoms with Gasteiger partial charge >= 0.3 is 0 Å². The lowest BCUT2D eigenvalue weighted by Crippen LogP contribution is -2.02. The second-order valence-electron chi connectivity index (χ2n) is 4.83. The summed E-state index contributed by atoms with van der Waals surface area (Å²) in [4.78, 5) is 4.67. The van der Waals surface area contributed by atoms with Gasteiger partial charge < -0.3 is 11.5 Å². The summed E-state index contributed by atoms with van der Waals surface area (Å²) in [6, 6.07) is 11.4. The first-order valence-electron chi connectivity index (χ1n) is 6.39. The van der Waals surface area contributed by atoms with Gasteiger partial charge in [0.15, 0.2) is 0 Å². The number of nitrogens with zero attached hydrogens (tertiary/aromatic N) is 1. The number of rotatable bonds is 1. The Morgan fingerprint density at radius 3 is 2.52 bits per heavy atom. The highest BCUT2D eigenvalue weighted by Gasteiger charge is 2.16. The van der Waals surface area contributed by atoms with E-state index in [4.69, 9.17) is 23.1 Å². The van der Waals surface area contributed by atoms with Crippen molar-refractivity contribution < 1.29 is 0 Å². The first-order valence-corrected chi connectivity index (χ1v) is 7.56. The SMILES string of the molecule is Cc1c(Cl)cccc1-c1nc2cccc(Br)c2c(N)c1N. The predicted octanol–water partition coefficient (Wildman–Crippen LogP) is 4.79. The van der Waals surface area contributed by atoms with Gasteiger partial charge in [-0.3, -0.25) is 0 Å². The van der Waals surface area contributed by atoms with E-state index in [2.05, 4.69) is 20.9 Å². The molecular weight excluding hydrogens is 350 g/mol. The smallest absolute Gasteiger partial charge is 0.0963 e. The van der Waals surface area contributed by atoms with E-state index in [1.807, 2.05) is 43.3 Å². The Bertz CT molecular complexity index is 862. The van der Waals surface area contributed by atoms with E-state index < -0.39 is 0 Å². The molecule has 2 aromatic carbocycles. The number of aromatic nitrogens is 1. The third-order valence-electron chi connectivity index (χ3n) is 3.56. The van der Waals surface area contributed by atoms with Crippen LogP contribution < -0.4 is 11.5 Å². The molecule has 1 aromatic heterocycles. The number of halogens is 2. The van der Waals surface area contributed by atoms with E-state index >= 15 is 0 Å². The van der Waals surface area contributed by atoms with E-state index in [1.54, 1.807) is 0 Å². The molecule has 3 aromatic rings. The zero-order chi connectivity index (χ0) is 15.1.